The molecule has 1 amide bonds. The molecule has 3 aromatic rings. The minimum atomic E-state index is -4.73. The molecule has 1 aromatic heterocycles. The number of alkyl halides is 3. The molecule has 182 valence electrons. The molecule has 0 radical (unpaired) electrons. The highest BCUT2D eigenvalue weighted by Gasteiger charge is 2.41. The van der Waals surface area contributed by atoms with Crippen LogP contribution in [0.2, 0.25) is 0 Å². The number of rotatable bonds is 7. The molecule has 1 heterocycles. The molecule has 0 unspecified atom stereocenters. The van der Waals surface area contributed by atoms with Gasteiger partial charge in [0.15, 0.2) is 0 Å². The molecule has 34 heavy (non-hydrogen) atoms. The van der Waals surface area contributed by atoms with Crippen LogP contribution in [0.1, 0.15) is 41.2 Å². The number of aliphatic hydroxyl groups is 1. The number of amides is 1. The zero-order chi connectivity index (χ0) is 25.3. The zero-order valence-corrected chi connectivity index (χ0v) is 19.6. The molecule has 4 nitrogen and oxygen atoms in total. The van der Waals surface area contributed by atoms with Crippen LogP contribution in [-0.4, -0.2) is 40.7 Å². The van der Waals surface area contributed by atoms with Gasteiger partial charge in [-0.3, -0.25) is 4.79 Å². The molecule has 0 aliphatic carbocycles. The summed E-state index contributed by atoms with van der Waals surface area (Å²) in [5, 5.41) is 9.63. The monoisotopic (exact) mass is 476 g/mol. The van der Waals surface area contributed by atoms with Crippen LogP contribution in [-0.2, 0) is 12.7 Å². The van der Waals surface area contributed by atoms with E-state index in [4.69, 9.17) is 0 Å². The van der Waals surface area contributed by atoms with Crippen molar-refractivity contribution in [3.05, 3.63) is 82.9 Å². The minimum absolute atomic E-state index is 0.104. The Kier molecular flexibility index (Phi) is 7.21. The van der Waals surface area contributed by atoms with Crippen LogP contribution in [0.25, 0.3) is 11.1 Å². The highest BCUT2D eigenvalue weighted by molar-refractivity contribution is 6.01. The van der Waals surface area contributed by atoms with Crippen LogP contribution < -0.4 is 0 Å². The summed E-state index contributed by atoms with van der Waals surface area (Å²) in [5.74, 6) is -1.15. The van der Waals surface area contributed by atoms with E-state index in [9.17, 15) is 27.5 Å². The summed E-state index contributed by atoms with van der Waals surface area (Å²) in [6, 6.07) is 13.6. The van der Waals surface area contributed by atoms with E-state index in [1.54, 1.807) is 44.2 Å². The van der Waals surface area contributed by atoms with Crippen molar-refractivity contribution in [2.45, 2.75) is 33.5 Å². The van der Waals surface area contributed by atoms with E-state index in [0.29, 0.717) is 11.1 Å². The molecular weight excluding hydrogens is 448 g/mol. The SMILES string of the molecule is Cc1c(-c2ccc(F)cc2)c(C(=O)N(C)CC(C)(C)CO)n(Cc2ccccc2)c1C(F)(F)F. The first-order valence-corrected chi connectivity index (χ1v) is 10.8. The summed E-state index contributed by atoms with van der Waals surface area (Å²) < 4.78 is 57.6. The fourth-order valence-corrected chi connectivity index (χ4v) is 4.17. The van der Waals surface area contributed by atoms with Crippen molar-refractivity contribution >= 4 is 5.91 Å². The van der Waals surface area contributed by atoms with E-state index in [1.807, 2.05) is 0 Å². The van der Waals surface area contributed by atoms with E-state index >= 15 is 0 Å². The number of hydrogen-bond acceptors (Lipinski definition) is 2. The van der Waals surface area contributed by atoms with Crippen LogP contribution in [0.5, 0.6) is 0 Å². The maximum absolute atomic E-state index is 14.3. The number of aliphatic hydroxyl groups excluding tert-OH is 1. The summed E-state index contributed by atoms with van der Waals surface area (Å²) in [6.45, 7) is 4.60. The zero-order valence-electron chi connectivity index (χ0n) is 19.6. The third-order valence-corrected chi connectivity index (χ3v) is 5.73. The first kappa shape index (κ1) is 25.5. The van der Waals surface area contributed by atoms with Gasteiger partial charge < -0.3 is 14.6 Å². The highest BCUT2D eigenvalue weighted by Crippen LogP contribution is 2.42. The molecule has 8 heteroatoms. The Morgan fingerprint density at radius 2 is 1.62 bits per heavy atom. The van der Waals surface area contributed by atoms with Crippen molar-refractivity contribution in [3.63, 3.8) is 0 Å². The van der Waals surface area contributed by atoms with Crippen molar-refractivity contribution in [2.24, 2.45) is 5.41 Å². The summed E-state index contributed by atoms with van der Waals surface area (Å²) in [6.07, 6.45) is -4.73. The van der Waals surface area contributed by atoms with Gasteiger partial charge >= 0.3 is 6.18 Å². The first-order chi connectivity index (χ1) is 15.9. The standard InChI is InChI=1S/C26H28F4N2O2/c1-17-21(19-10-12-20(27)13-11-19)22(24(34)31(4)15-25(2,3)16-33)32(23(17)26(28,29)30)14-18-8-6-5-7-9-18/h5-13,33H,14-16H2,1-4H3. The van der Waals surface area contributed by atoms with Gasteiger partial charge in [0.25, 0.3) is 5.91 Å². The number of nitrogens with zero attached hydrogens (tertiary/aromatic N) is 2. The largest absolute Gasteiger partial charge is 0.431 e. The third kappa shape index (κ3) is 5.33. The van der Waals surface area contributed by atoms with Crippen molar-refractivity contribution in [1.82, 2.24) is 9.47 Å². The van der Waals surface area contributed by atoms with E-state index < -0.39 is 29.0 Å². The lowest BCUT2D eigenvalue weighted by Crippen LogP contribution is -2.39. The van der Waals surface area contributed by atoms with E-state index in [1.165, 1.54) is 31.0 Å². The van der Waals surface area contributed by atoms with Gasteiger partial charge in [0.2, 0.25) is 0 Å². The second-order valence-electron chi connectivity index (χ2n) is 9.26. The van der Waals surface area contributed by atoms with Crippen LogP contribution in [0.3, 0.4) is 0 Å². The maximum atomic E-state index is 14.3. The van der Waals surface area contributed by atoms with Gasteiger partial charge in [-0.1, -0.05) is 56.3 Å². The Morgan fingerprint density at radius 3 is 2.15 bits per heavy atom. The van der Waals surface area contributed by atoms with Crippen LogP contribution in [0.15, 0.2) is 54.6 Å². The van der Waals surface area contributed by atoms with Crippen LogP contribution >= 0.6 is 0 Å². The molecule has 0 saturated carbocycles. The molecule has 0 aliphatic heterocycles. The first-order valence-electron chi connectivity index (χ1n) is 10.8. The van der Waals surface area contributed by atoms with Crippen LogP contribution in [0, 0.1) is 18.2 Å². The normalized spacial score (nSPS) is 12.1. The number of halogens is 4. The van der Waals surface area contributed by atoms with E-state index in [0.717, 1.165) is 16.7 Å². The van der Waals surface area contributed by atoms with E-state index in [-0.39, 0.29) is 36.5 Å². The molecule has 1 N–H and O–H groups in total. The molecule has 0 fully saturated rings. The van der Waals surface area contributed by atoms with Gasteiger partial charge in [0, 0.05) is 37.7 Å². The van der Waals surface area contributed by atoms with Crippen molar-refractivity contribution in [3.8, 4) is 11.1 Å². The number of aromatic nitrogens is 1. The van der Waals surface area contributed by atoms with Gasteiger partial charge in [0.05, 0.1) is 0 Å². The topological polar surface area (TPSA) is 45.5 Å². The quantitative estimate of drug-likeness (QED) is 0.441. The summed E-state index contributed by atoms with van der Waals surface area (Å²) >= 11 is 0. The Morgan fingerprint density at radius 1 is 1.03 bits per heavy atom. The van der Waals surface area contributed by atoms with Crippen LogP contribution in [0.4, 0.5) is 17.6 Å². The Hall–Kier alpha value is -3.13. The molecule has 0 atom stereocenters. The maximum Gasteiger partial charge on any atom is 0.431 e. The number of carbonyl (C=O) groups excluding carboxylic acids is 1. The lowest BCUT2D eigenvalue weighted by Gasteiger charge is -2.29. The minimum Gasteiger partial charge on any atom is -0.396 e. The fourth-order valence-electron chi connectivity index (χ4n) is 4.17. The summed E-state index contributed by atoms with van der Waals surface area (Å²) in [5.41, 5.74) is -0.782. The second kappa shape index (κ2) is 9.62. The molecule has 3 rings (SSSR count). The highest BCUT2D eigenvalue weighted by atomic mass is 19.4. The molecule has 0 spiro atoms. The number of hydrogen-bond donors (Lipinski definition) is 1. The average molecular weight is 477 g/mol. The lowest BCUT2D eigenvalue weighted by atomic mass is 9.94. The predicted octanol–water partition coefficient (Wildman–Crippen LogP) is 5.76. The molecule has 0 bridgehead atoms. The molecule has 0 saturated heterocycles. The Labute approximate surface area is 196 Å². The fraction of sp³-hybridized carbons (Fsp3) is 0.346. The van der Waals surface area contributed by atoms with Gasteiger partial charge in [-0.25, -0.2) is 4.39 Å². The lowest BCUT2D eigenvalue weighted by molar-refractivity contribution is -0.143. The Balaban J connectivity index is 2.30. The molecular formula is C26H28F4N2O2. The number of benzene rings is 2. The van der Waals surface area contributed by atoms with Gasteiger partial charge in [0.1, 0.15) is 17.2 Å². The summed E-state index contributed by atoms with van der Waals surface area (Å²) in [7, 11) is 1.50. The van der Waals surface area contributed by atoms with E-state index in [2.05, 4.69) is 0 Å². The second-order valence-corrected chi connectivity index (χ2v) is 9.26. The molecule has 2 aromatic carbocycles. The van der Waals surface area contributed by atoms with Gasteiger partial charge in [-0.15, -0.1) is 0 Å². The van der Waals surface area contributed by atoms with Crippen molar-refractivity contribution in [1.29, 1.82) is 0 Å². The molecule has 0 aliphatic rings. The van der Waals surface area contributed by atoms with Gasteiger partial charge in [-0.2, -0.15) is 13.2 Å². The number of carbonyl (C=O) groups is 1. The van der Waals surface area contributed by atoms with Gasteiger partial charge in [-0.05, 0) is 35.7 Å². The van der Waals surface area contributed by atoms with Crippen molar-refractivity contribution in [2.75, 3.05) is 20.2 Å². The smallest absolute Gasteiger partial charge is 0.396 e. The third-order valence-electron chi connectivity index (χ3n) is 5.73. The Bertz CT molecular complexity index is 1150. The average Bonchev–Trinajstić information content (AvgIpc) is 3.06. The predicted molar refractivity (Wildman–Crippen MR) is 123 cm³/mol. The summed E-state index contributed by atoms with van der Waals surface area (Å²) in [4.78, 5) is 15.0. The van der Waals surface area contributed by atoms with Crippen molar-refractivity contribution < 1.29 is 27.5 Å².